The highest BCUT2D eigenvalue weighted by atomic mass is 16.5. The number of fused-ring (bicyclic) bond motifs is 1. The zero-order valence-electron chi connectivity index (χ0n) is 15.7. The summed E-state index contributed by atoms with van der Waals surface area (Å²) < 4.78 is 5.92. The third kappa shape index (κ3) is 5.70. The summed E-state index contributed by atoms with van der Waals surface area (Å²) in [5.41, 5.74) is 7.99. The van der Waals surface area contributed by atoms with Crippen LogP contribution in [0, 0.1) is 5.92 Å². The maximum Gasteiger partial charge on any atom is 0.119 e. The van der Waals surface area contributed by atoms with E-state index < -0.39 is 5.54 Å². The number of aryl methyl sites for hydroxylation is 2. The second kappa shape index (κ2) is 10.1. The Morgan fingerprint density at radius 1 is 1.04 bits per heavy atom. The average molecular weight is 350 g/mol. The molecule has 0 amide bonds. The molecule has 25 heavy (non-hydrogen) atoms. The number of aliphatic hydroxyl groups excluding tert-OH is 2. The normalized spacial score (nSPS) is 17.8. The summed E-state index contributed by atoms with van der Waals surface area (Å²) >= 11 is 0. The quantitative estimate of drug-likeness (QED) is 0.448. The number of aliphatic hydroxyl groups is 2. The number of unbranched alkanes of at least 4 members (excludes halogenated alkanes) is 4. The lowest BCUT2D eigenvalue weighted by Gasteiger charge is -2.33. The topological polar surface area (TPSA) is 75.7 Å². The Labute approximate surface area is 152 Å². The van der Waals surface area contributed by atoms with Gasteiger partial charge in [-0.1, -0.05) is 38.7 Å². The maximum atomic E-state index is 9.56. The van der Waals surface area contributed by atoms with Gasteiger partial charge in [0, 0.05) is 0 Å². The molecular weight excluding hydrogens is 314 g/mol. The summed E-state index contributed by atoms with van der Waals surface area (Å²) in [4.78, 5) is 0. The molecule has 1 aliphatic carbocycles. The number of benzene rings is 1. The predicted octanol–water partition coefficient (Wildman–Crippen LogP) is 3.21. The average Bonchev–Trinajstić information content (AvgIpc) is 2.86. The Morgan fingerprint density at radius 3 is 2.40 bits per heavy atom. The minimum Gasteiger partial charge on any atom is -0.494 e. The number of nitrogens with two attached hydrogens (primary N) is 1. The smallest absolute Gasteiger partial charge is 0.119 e. The Hall–Kier alpha value is -1.10. The number of hydrogen-bond acceptors (Lipinski definition) is 4. The fraction of sp³-hybridized carbons (Fsp3) is 0.714. The molecule has 0 unspecified atom stereocenters. The first kappa shape index (κ1) is 20.2. The molecule has 0 saturated heterocycles. The molecule has 1 atom stereocenters. The van der Waals surface area contributed by atoms with Gasteiger partial charge < -0.3 is 20.7 Å². The van der Waals surface area contributed by atoms with Crippen LogP contribution >= 0.6 is 0 Å². The SMILES string of the molecule is CCCCCCCOc1ccc2c(c1)CC[C@H](C(N)(CO)CO)CC2. The first-order valence-electron chi connectivity index (χ1n) is 9.88. The minimum atomic E-state index is -0.875. The molecule has 0 aromatic heterocycles. The lowest BCUT2D eigenvalue weighted by Crippen LogP contribution is -2.53. The number of rotatable bonds is 10. The summed E-state index contributed by atoms with van der Waals surface area (Å²) in [7, 11) is 0. The van der Waals surface area contributed by atoms with Crippen molar-refractivity contribution in [3.8, 4) is 5.75 Å². The highest BCUT2D eigenvalue weighted by Gasteiger charge is 2.34. The summed E-state index contributed by atoms with van der Waals surface area (Å²) in [6, 6.07) is 6.40. The van der Waals surface area contributed by atoms with Crippen LogP contribution in [0.5, 0.6) is 5.75 Å². The van der Waals surface area contributed by atoms with Crippen LogP contribution in [0.15, 0.2) is 18.2 Å². The molecule has 0 radical (unpaired) electrons. The van der Waals surface area contributed by atoms with Gasteiger partial charge in [-0.3, -0.25) is 0 Å². The van der Waals surface area contributed by atoms with Crippen LogP contribution in [-0.4, -0.2) is 35.6 Å². The highest BCUT2D eigenvalue weighted by Crippen LogP contribution is 2.32. The lowest BCUT2D eigenvalue weighted by atomic mass is 9.80. The van der Waals surface area contributed by atoms with Crippen molar-refractivity contribution in [3.63, 3.8) is 0 Å². The van der Waals surface area contributed by atoms with Crippen molar-refractivity contribution < 1.29 is 14.9 Å². The molecule has 0 heterocycles. The predicted molar refractivity (Wildman–Crippen MR) is 102 cm³/mol. The summed E-state index contributed by atoms with van der Waals surface area (Å²) in [6.07, 6.45) is 9.88. The molecule has 1 aromatic carbocycles. The van der Waals surface area contributed by atoms with Gasteiger partial charge >= 0.3 is 0 Å². The van der Waals surface area contributed by atoms with E-state index in [9.17, 15) is 10.2 Å². The fourth-order valence-electron chi connectivity index (χ4n) is 3.75. The Morgan fingerprint density at radius 2 is 1.72 bits per heavy atom. The van der Waals surface area contributed by atoms with Gasteiger partial charge in [-0.15, -0.1) is 0 Å². The fourth-order valence-corrected chi connectivity index (χ4v) is 3.75. The second-order valence-corrected chi connectivity index (χ2v) is 7.52. The molecular formula is C21H35NO3. The molecule has 4 nitrogen and oxygen atoms in total. The van der Waals surface area contributed by atoms with Crippen molar-refractivity contribution in [1.29, 1.82) is 0 Å². The lowest BCUT2D eigenvalue weighted by molar-refractivity contribution is 0.0688. The third-order valence-corrected chi connectivity index (χ3v) is 5.62. The molecule has 0 bridgehead atoms. The molecule has 0 saturated carbocycles. The molecule has 0 spiro atoms. The van der Waals surface area contributed by atoms with E-state index in [0.29, 0.717) is 0 Å². The van der Waals surface area contributed by atoms with E-state index in [1.165, 1.54) is 36.8 Å². The van der Waals surface area contributed by atoms with E-state index in [1.807, 2.05) is 0 Å². The van der Waals surface area contributed by atoms with E-state index in [1.54, 1.807) is 0 Å². The van der Waals surface area contributed by atoms with Gasteiger partial charge in [0.2, 0.25) is 0 Å². The first-order chi connectivity index (χ1) is 12.1. The van der Waals surface area contributed by atoms with Crippen LogP contribution in [0.1, 0.15) is 63.0 Å². The van der Waals surface area contributed by atoms with Gasteiger partial charge in [-0.25, -0.2) is 0 Å². The number of ether oxygens (including phenoxy) is 1. The van der Waals surface area contributed by atoms with Crippen LogP contribution < -0.4 is 10.5 Å². The summed E-state index contributed by atoms with van der Waals surface area (Å²) in [5, 5.41) is 19.1. The van der Waals surface area contributed by atoms with Gasteiger partial charge in [0.25, 0.3) is 0 Å². The minimum absolute atomic E-state index is 0.137. The molecule has 1 aliphatic rings. The standard InChI is InChI=1S/C21H35NO3/c1-2-3-4-5-6-13-25-20-12-9-17-7-10-19(11-8-18(17)14-20)21(22,15-23)16-24/h9,12,14,19,23-24H,2-8,10-11,13,15-16,22H2,1H3/t19-/m1/s1. The van der Waals surface area contributed by atoms with Crippen molar-refractivity contribution in [2.75, 3.05) is 19.8 Å². The first-order valence-corrected chi connectivity index (χ1v) is 9.88. The van der Waals surface area contributed by atoms with Crippen LogP contribution in [-0.2, 0) is 12.8 Å². The molecule has 1 aromatic rings. The van der Waals surface area contributed by atoms with E-state index >= 15 is 0 Å². The largest absolute Gasteiger partial charge is 0.494 e. The summed E-state index contributed by atoms with van der Waals surface area (Å²) in [6.45, 7) is 2.67. The van der Waals surface area contributed by atoms with Crippen molar-refractivity contribution >= 4 is 0 Å². The van der Waals surface area contributed by atoms with E-state index in [4.69, 9.17) is 10.5 Å². The molecule has 142 valence electrons. The van der Waals surface area contributed by atoms with Gasteiger partial charge in [-0.2, -0.15) is 0 Å². The van der Waals surface area contributed by atoms with Crippen molar-refractivity contribution in [3.05, 3.63) is 29.3 Å². The second-order valence-electron chi connectivity index (χ2n) is 7.52. The maximum absolute atomic E-state index is 9.56. The van der Waals surface area contributed by atoms with Gasteiger partial charge in [0.05, 0.1) is 25.4 Å². The molecule has 0 fully saturated rings. The van der Waals surface area contributed by atoms with E-state index in [-0.39, 0.29) is 19.1 Å². The van der Waals surface area contributed by atoms with E-state index in [2.05, 4.69) is 25.1 Å². The van der Waals surface area contributed by atoms with Gasteiger partial charge in [-0.05, 0) is 61.3 Å². The molecule has 2 rings (SSSR count). The molecule has 0 aliphatic heterocycles. The van der Waals surface area contributed by atoms with Gasteiger partial charge in [0.1, 0.15) is 5.75 Å². The molecule has 4 heteroatoms. The molecule has 4 N–H and O–H groups in total. The monoisotopic (exact) mass is 349 g/mol. The van der Waals surface area contributed by atoms with Crippen LogP contribution in [0.25, 0.3) is 0 Å². The van der Waals surface area contributed by atoms with Crippen molar-refractivity contribution in [2.24, 2.45) is 11.7 Å². The summed E-state index contributed by atoms with van der Waals surface area (Å²) in [5.74, 6) is 1.09. The highest BCUT2D eigenvalue weighted by molar-refractivity contribution is 5.36. The van der Waals surface area contributed by atoms with Crippen molar-refractivity contribution in [1.82, 2.24) is 0 Å². The third-order valence-electron chi connectivity index (χ3n) is 5.62. The Bertz CT molecular complexity index is 514. The van der Waals surface area contributed by atoms with Crippen LogP contribution in [0.4, 0.5) is 0 Å². The van der Waals surface area contributed by atoms with Crippen LogP contribution in [0.3, 0.4) is 0 Å². The number of hydrogen-bond donors (Lipinski definition) is 3. The van der Waals surface area contributed by atoms with Gasteiger partial charge in [0.15, 0.2) is 0 Å². The Balaban J connectivity index is 1.88. The van der Waals surface area contributed by atoms with E-state index in [0.717, 1.165) is 44.5 Å². The van der Waals surface area contributed by atoms with Crippen molar-refractivity contribution in [2.45, 2.75) is 70.3 Å². The van der Waals surface area contributed by atoms with Crippen LogP contribution in [0.2, 0.25) is 0 Å². The zero-order chi connectivity index (χ0) is 18.1. The zero-order valence-corrected chi connectivity index (χ0v) is 15.7. The Kier molecular flexibility index (Phi) is 8.20.